The van der Waals surface area contributed by atoms with Gasteiger partial charge in [-0.15, -0.1) is 11.3 Å². The topological polar surface area (TPSA) is 91.0 Å². The van der Waals surface area contributed by atoms with Crippen molar-refractivity contribution >= 4 is 35.0 Å². The van der Waals surface area contributed by atoms with E-state index in [-0.39, 0.29) is 22.8 Å². The number of methoxy groups -OCH3 is 1. The number of hydrogen-bond donors (Lipinski definition) is 0. The van der Waals surface area contributed by atoms with Gasteiger partial charge in [-0.25, -0.2) is 9.79 Å². The van der Waals surface area contributed by atoms with E-state index in [0.717, 1.165) is 10.4 Å². The van der Waals surface area contributed by atoms with Crippen LogP contribution in [0, 0.1) is 17.0 Å². The number of aliphatic imine (C=N–C) groups is 1. The van der Waals surface area contributed by atoms with Gasteiger partial charge in [0.2, 0.25) is 5.90 Å². The van der Waals surface area contributed by atoms with Gasteiger partial charge in [0.25, 0.3) is 5.69 Å². The predicted octanol–water partition coefficient (Wildman–Crippen LogP) is 3.32. The van der Waals surface area contributed by atoms with Crippen LogP contribution >= 0.6 is 11.3 Å². The van der Waals surface area contributed by atoms with Gasteiger partial charge in [0.15, 0.2) is 5.70 Å². The molecule has 0 saturated heterocycles. The normalized spacial score (nSPS) is 15.3. The first-order valence-electron chi connectivity index (χ1n) is 6.89. The van der Waals surface area contributed by atoms with Gasteiger partial charge in [0.05, 0.1) is 17.6 Å². The van der Waals surface area contributed by atoms with Gasteiger partial charge in [0.1, 0.15) is 5.75 Å². The van der Waals surface area contributed by atoms with Gasteiger partial charge >= 0.3 is 5.97 Å². The van der Waals surface area contributed by atoms with Crippen LogP contribution in [0.15, 0.2) is 40.3 Å². The molecule has 3 rings (SSSR count). The number of ether oxygens (including phenoxy) is 2. The average Bonchev–Trinajstić information content (AvgIpc) is 3.13. The maximum Gasteiger partial charge on any atom is 0.363 e. The highest BCUT2D eigenvalue weighted by molar-refractivity contribution is 7.11. The summed E-state index contributed by atoms with van der Waals surface area (Å²) in [6.07, 6.45) is 1.64. The molecule has 0 fully saturated rings. The van der Waals surface area contributed by atoms with Crippen LogP contribution in [-0.4, -0.2) is 23.9 Å². The molecule has 0 amide bonds. The number of carbonyl (C=O) groups is 1. The average molecular weight is 344 g/mol. The molecule has 0 bridgehead atoms. The van der Waals surface area contributed by atoms with E-state index in [4.69, 9.17) is 9.47 Å². The second-order valence-corrected chi connectivity index (χ2v) is 5.89. The van der Waals surface area contributed by atoms with Gasteiger partial charge in [-0.1, -0.05) is 0 Å². The molecule has 0 radical (unpaired) electrons. The number of nitrogens with zero attached hydrogens (tertiary/aromatic N) is 2. The number of carbonyl (C=O) groups excluding carboxylic acids is 1. The van der Waals surface area contributed by atoms with Crippen molar-refractivity contribution in [3.63, 3.8) is 0 Å². The highest BCUT2D eigenvalue weighted by Gasteiger charge is 2.28. The van der Waals surface area contributed by atoms with E-state index in [9.17, 15) is 14.9 Å². The fourth-order valence-electron chi connectivity index (χ4n) is 2.16. The van der Waals surface area contributed by atoms with Crippen LogP contribution in [0.4, 0.5) is 5.69 Å². The molecule has 1 aromatic carbocycles. The SMILES string of the molecule is COc1ccc([N+](=O)[O-])cc1C1=N/C(=C/c2sccc2C)C(=O)O1. The number of hydrogen-bond acceptors (Lipinski definition) is 7. The molecule has 1 aromatic heterocycles. The first-order valence-corrected chi connectivity index (χ1v) is 7.77. The van der Waals surface area contributed by atoms with Crippen molar-refractivity contribution in [1.29, 1.82) is 0 Å². The summed E-state index contributed by atoms with van der Waals surface area (Å²) >= 11 is 1.48. The summed E-state index contributed by atoms with van der Waals surface area (Å²) in [5.74, 6) is -0.284. The fraction of sp³-hybridized carbons (Fsp3) is 0.125. The zero-order valence-corrected chi connectivity index (χ0v) is 13.6. The third-order valence-corrected chi connectivity index (χ3v) is 4.38. The van der Waals surface area contributed by atoms with Crippen LogP contribution in [0.3, 0.4) is 0 Å². The first kappa shape index (κ1) is 15.9. The quantitative estimate of drug-likeness (QED) is 0.367. The Hall–Kier alpha value is -3.00. The van der Waals surface area contributed by atoms with Crippen LogP contribution < -0.4 is 4.74 Å². The Labute approximate surface area is 141 Å². The molecule has 122 valence electrons. The Morgan fingerprint density at radius 2 is 2.17 bits per heavy atom. The van der Waals surface area contributed by atoms with Gasteiger partial charge in [-0.2, -0.15) is 0 Å². The minimum absolute atomic E-state index is 0.0130. The van der Waals surface area contributed by atoms with E-state index in [1.165, 1.54) is 36.6 Å². The van der Waals surface area contributed by atoms with Gasteiger partial charge in [0, 0.05) is 17.0 Å². The summed E-state index contributed by atoms with van der Waals surface area (Å²) < 4.78 is 10.3. The minimum Gasteiger partial charge on any atom is -0.496 e. The zero-order chi connectivity index (χ0) is 17.3. The Bertz CT molecular complexity index is 898. The smallest absolute Gasteiger partial charge is 0.363 e. The van der Waals surface area contributed by atoms with E-state index in [1.54, 1.807) is 6.08 Å². The number of non-ortho nitro benzene ring substituents is 1. The molecule has 1 aliphatic heterocycles. The van der Waals surface area contributed by atoms with Gasteiger partial charge < -0.3 is 9.47 Å². The molecule has 7 nitrogen and oxygen atoms in total. The van der Waals surface area contributed by atoms with Crippen molar-refractivity contribution in [3.8, 4) is 5.75 Å². The number of cyclic esters (lactones) is 1. The predicted molar refractivity (Wildman–Crippen MR) is 89.3 cm³/mol. The molecule has 1 aliphatic rings. The second-order valence-electron chi connectivity index (χ2n) is 4.95. The van der Waals surface area contributed by atoms with Gasteiger partial charge in [-0.3, -0.25) is 10.1 Å². The lowest BCUT2D eigenvalue weighted by molar-refractivity contribution is -0.384. The molecular weight excluding hydrogens is 332 g/mol. The van der Waals surface area contributed by atoms with Crippen molar-refractivity contribution in [2.75, 3.05) is 7.11 Å². The van der Waals surface area contributed by atoms with Crippen molar-refractivity contribution in [2.24, 2.45) is 4.99 Å². The van der Waals surface area contributed by atoms with E-state index in [0.29, 0.717) is 5.75 Å². The summed E-state index contributed by atoms with van der Waals surface area (Å²) in [5, 5.41) is 12.9. The Morgan fingerprint density at radius 1 is 1.38 bits per heavy atom. The Morgan fingerprint density at radius 3 is 2.79 bits per heavy atom. The minimum atomic E-state index is -0.605. The molecule has 2 heterocycles. The molecule has 0 atom stereocenters. The summed E-state index contributed by atoms with van der Waals surface area (Å²) in [5.41, 5.74) is 1.28. The molecule has 0 spiro atoms. The van der Waals surface area contributed by atoms with Crippen molar-refractivity contribution in [1.82, 2.24) is 0 Å². The number of esters is 1. The Balaban J connectivity index is 2.04. The number of thiophene rings is 1. The zero-order valence-electron chi connectivity index (χ0n) is 12.8. The third kappa shape index (κ3) is 2.91. The third-order valence-electron chi connectivity index (χ3n) is 3.41. The standard InChI is InChI=1S/C16H12N2O5S/c1-9-5-6-24-14(9)8-12-16(19)23-15(17-12)11-7-10(18(20)21)3-4-13(11)22-2/h3-8H,1-2H3/b12-8+. The fourth-order valence-corrected chi connectivity index (χ4v) is 3.01. The maximum absolute atomic E-state index is 12.0. The molecule has 0 N–H and O–H groups in total. The molecule has 0 aliphatic carbocycles. The van der Waals surface area contributed by atoms with E-state index in [2.05, 4.69) is 4.99 Å². The number of nitro benzene ring substituents is 1. The highest BCUT2D eigenvalue weighted by atomic mass is 32.1. The lowest BCUT2D eigenvalue weighted by Gasteiger charge is -2.06. The summed E-state index contributed by atoms with van der Waals surface area (Å²) in [6.45, 7) is 1.93. The van der Waals surface area contributed by atoms with Crippen LogP contribution in [0.25, 0.3) is 6.08 Å². The number of aryl methyl sites for hydroxylation is 1. The molecule has 0 saturated carbocycles. The molecule has 0 unspecified atom stereocenters. The van der Waals surface area contributed by atoms with Crippen LogP contribution in [0.5, 0.6) is 5.75 Å². The second kappa shape index (κ2) is 6.25. The molecule has 2 aromatic rings. The largest absolute Gasteiger partial charge is 0.496 e. The molecular formula is C16H12N2O5S. The monoisotopic (exact) mass is 344 g/mol. The van der Waals surface area contributed by atoms with Crippen molar-refractivity contribution in [2.45, 2.75) is 6.92 Å². The summed E-state index contributed by atoms with van der Waals surface area (Å²) in [4.78, 5) is 27.5. The van der Waals surface area contributed by atoms with E-state index in [1.807, 2.05) is 18.4 Å². The lowest BCUT2D eigenvalue weighted by atomic mass is 10.1. The Kier molecular flexibility index (Phi) is 4.13. The van der Waals surface area contributed by atoms with E-state index < -0.39 is 10.9 Å². The first-order chi connectivity index (χ1) is 11.5. The lowest BCUT2D eigenvalue weighted by Crippen LogP contribution is -2.07. The highest BCUT2D eigenvalue weighted by Crippen LogP contribution is 2.29. The van der Waals surface area contributed by atoms with Gasteiger partial charge in [-0.05, 0) is 36.1 Å². The summed E-state index contributed by atoms with van der Waals surface area (Å²) in [7, 11) is 1.42. The maximum atomic E-state index is 12.0. The number of nitro groups is 1. The molecule has 8 heteroatoms. The molecule has 24 heavy (non-hydrogen) atoms. The van der Waals surface area contributed by atoms with Crippen LogP contribution in [0.2, 0.25) is 0 Å². The number of rotatable bonds is 4. The summed E-state index contributed by atoms with van der Waals surface area (Å²) in [6, 6.07) is 5.95. The van der Waals surface area contributed by atoms with E-state index >= 15 is 0 Å². The van der Waals surface area contributed by atoms with Crippen LogP contribution in [0.1, 0.15) is 16.0 Å². The van der Waals surface area contributed by atoms with Crippen LogP contribution in [-0.2, 0) is 9.53 Å². The van der Waals surface area contributed by atoms with Crippen molar-refractivity contribution in [3.05, 3.63) is 61.5 Å². The van der Waals surface area contributed by atoms with Crippen molar-refractivity contribution < 1.29 is 19.2 Å². The number of benzene rings is 1.